The third-order valence-electron chi connectivity index (χ3n) is 5.74. The summed E-state index contributed by atoms with van der Waals surface area (Å²) in [5, 5.41) is 8.41. The Balaban J connectivity index is 1.29. The lowest BCUT2D eigenvalue weighted by atomic mass is 9.97. The Morgan fingerprint density at radius 2 is 1.61 bits per heavy atom. The zero-order valence-electron chi connectivity index (χ0n) is 15.6. The van der Waals surface area contributed by atoms with E-state index in [1.54, 1.807) is 16.4 Å². The van der Waals surface area contributed by atoms with Crippen LogP contribution in [-0.4, -0.2) is 45.1 Å². The summed E-state index contributed by atoms with van der Waals surface area (Å²) >= 11 is 0. The maximum absolute atomic E-state index is 13.0. The van der Waals surface area contributed by atoms with E-state index in [1.807, 2.05) is 47.6 Å². The van der Waals surface area contributed by atoms with Gasteiger partial charge in [0.05, 0.1) is 4.90 Å². The van der Waals surface area contributed by atoms with Gasteiger partial charge < -0.3 is 9.13 Å². The van der Waals surface area contributed by atoms with E-state index in [1.165, 1.54) is 12.8 Å². The number of benzene rings is 1. The van der Waals surface area contributed by atoms with Crippen LogP contribution in [0.15, 0.2) is 60.0 Å². The first-order chi connectivity index (χ1) is 13.6. The summed E-state index contributed by atoms with van der Waals surface area (Å²) in [5.74, 6) is 1.31. The van der Waals surface area contributed by atoms with Crippen molar-refractivity contribution >= 4 is 10.0 Å². The first-order valence-corrected chi connectivity index (χ1v) is 11.2. The molecule has 28 heavy (non-hydrogen) atoms. The molecule has 1 aromatic carbocycles. The number of hydrogen-bond acceptors (Lipinski definition) is 4. The molecule has 7 nitrogen and oxygen atoms in total. The van der Waals surface area contributed by atoms with Gasteiger partial charge in [0, 0.05) is 43.1 Å². The minimum atomic E-state index is -3.47. The van der Waals surface area contributed by atoms with E-state index < -0.39 is 10.0 Å². The summed E-state index contributed by atoms with van der Waals surface area (Å²) in [6, 6.07) is 11.5. The van der Waals surface area contributed by atoms with E-state index in [0.717, 1.165) is 24.4 Å². The van der Waals surface area contributed by atoms with Crippen molar-refractivity contribution in [1.82, 2.24) is 23.6 Å². The standard InChI is InChI=1S/C20H23N5O2S/c26-28(27,19-7-5-17(6-8-19)23-11-1-2-12-23)24-13-9-16(10-14-24)20-22-21-15-25(20)18-3-4-18/h1-2,5-8,11-12,15-16,18H,3-4,9-10,13-14H2. The second kappa shape index (κ2) is 6.86. The van der Waals surface area contributed by atoms with Gasteiger partial charge in [-0.2, -0.15) is 4.31 Å². The van der Waals surface area contributed by atoms with Gasteiger partial charge in [-0.3, -0.25) is 0 Å². The average Bonchev–Trinajstić information content (AvgIpc) is 3.21. The predicted molar refractivity (Wildman–Crippen MR) is 105 cm³/mol. The van der Waals surface area contributed by atoms with Crippen LogP contribution >= 0.6 is 0 Å². The molecule has 0 atom stereocenters. The Bertz CT molecular complexity index is 1040. The smallest absolute Gasteiger partial charge is 0.243 e. The quantitative estimate of drug-likeness (QED) is 0.663. The van der Waals surface area contributed by atoms with Gasteiger partial charge in [0.15, 0.2) is 0 Å². The fourth-order valence-corrected chi connectivity index (χ4v) is 5.45. The molecule has 5 rings (SSSR count). The molecule has 1 saturated carbocycles. The first kappa shape index (κ1) is 17.6. The van der Waals surface area contributed by atoms with Gasteiger partial charge in [0.2, 0.25) is 10.0 Å². The van der Waals surface area contributed by atoms with Crippen LogP contribution in [0.5, 0.6) is 0 Å². The topological polar surface area (TPSA) is 73.0 Å². The van der Waals surface area contributed by atoms with Crippen molar-refractivity contribution in [2.24, 2.45) is 0 Å². The lowest BCUT2D eigenvalue weighted by Gasteiger charge is -2.31. The molecule has 3 aromatic rings. The summed E-state index contributed by atoms with van der Waals surface area (Å²) in [6.45, 7) is 1.04. The highest BCUT2D eigenvalue weighted by Crippen LogP contribution is 2.38. The number of rotatable bonds is 5. The van der Waals surface area contributed by atoms with Crippen molar-refractivity contribution in [2.75, 3.05) is 13.1 Å². The lowest BCUT2D eigenvalue weighted by Crippen LogP contribution is -2.38. The normalized spacial score (nSPS) is 19.1. The van der Waals surface area contributed by atoms with Gasteiger partial charge in [-0.05, 0) is 62.1 Å². The monoisotopic (exact) mass is 397 g/mol. The molecule has 3 heterocycles. The van der Waals surface area contributed by atoms with Gasteiger partial charge >= 0.3 is 0 Å². The zero-order valence-corrected chi connectivity index (χ0v) is 16.4. The van der Waals surface area contributed by atoms with Crippen molar-refractivity contribution in [3.8, 4) is 5.69 Å². The number of aromatic nitrogens is 4. The summed E-state index contributed by atoms with van der Waals surface area (Å²) in [7, 11) is -3.47. The van der Waals surface area contributed by atoms with Crippen LogP contribution in [0.4, 0.5) is 0 Å². The summed E-state index contributed by atoms with van der Waals surface area (Å²) in [5.41, 5.74) is 0.946. The van der Waals surface area contributed by atoms with E-state index in [2.05, 4.69) is 14.8 Å². The van der Waals surface area contributed by atoms with E-state index in [4.69, 9.17) is 0 Å². The van der Waals surface area contributed by atoms with Crippen LogP contribution in [0.1, 0.15) is 43.5 Å². The fourth-order valence-electron chi connectivity index (χ4n) is 3.98. The number of hydrogen-bond donors (Lipinski definition) is 0. The SMILES string of the molecule is O=S(=O)(c1ccc(-n2cccc2)cc1)N1CCC(c2nncn2C2CC2)CC1. The Morgan fingerprint density at radius 3 is 2.25 bits per heavy atom. The Morgan fingerprint density at radius 1 is 0.929 bits per heavy atom. The molecule has 1 aliphatic heterocycles. The maximum atomic E-state index is 13.0. The molecule has 1 aliphatic carbocycles. The molecular formula is C20H23N5O2S. The van der Waals surface area contributed by atoms with Gasteiger partial charge in [-0.1, -0.05) is 0 Å². The lowest BCUT2D eigenvalue weighted by molar-refractivity contribution is 0.309. The second-order valence-electron chi connectivity index (χ2n) is 7.59. The molecule has 2 aliphatic rings. The fraction of sp³-hybridized carbons (Fsp3) is 0.400. The molecule has 146 valence electrons. The highest BCUT2D eigenvalue weighted by Gasteiger charge is 2.34. The van der Waals surface area contributed by atoms with Crippen molar-refractivity contribution in [3.63, 3.8) is 0 Å². The molecule has 0 bridgehead atoms. The average molecular weight is 398 g/mol. The Labute approximate surface area is 164 Å². The molecule has 0 unspecified atom stereocenters. The molecule has 0 amide bonds. The molecular weight excluding hydrogens is 374 g/mol. The van der Waals surface area contributed by atoms with Crippen molar-refractivity contribution in [3.05, 3.63) is 60.9 Å². The van der Waals surface area contributed by atoms with Crippen molar-refractivity contribution in [1.29, 1.82) is 0 Å². The summed E-state index contributed by atoms with van der Waals surface area (Å²) in [4.78, 5) is 0.350. The molecule has 8 heteroatoms. The summed E-state index contributed by atoms with van der Waals surface area (Å²) in [6.07, 6.45) is 9.65. The molecule has 0 N–H and O–H groups in total. The zero-order chi connectivity index (χ0) is 19.1. The first-order valence-electron chi connectivity index (χ1n) is 9.76. The largest absolute Gasteiger partial charge is 0.324 e. The van der Waals surface area contributed by atoms with E-state index in [0.29, 0.717) is 24.0 Å². The van der Waals surface area contributed by atoms with Crippen LogP contribution in [0.2, 0.25) is 0 Å². The Kier molecular flexibility index (Phi) is 4.32. The second-order valence-corrected chi connectivity index (χ2v) is 9.53. The Hall–Kier alpha value is -2.45. The van der Waals surface area contributed by atoms with Crippen LogP contribution in [-0.2, 0) is 10.0 Å². The van der Waals surface area contributed by atoms with Crippen LogP contribution in [0.25, 0.3) is 5.69 Å². The summed E-state index contributed by atoms with van der Waals surface area (Å²) < 4.78 is 31.8. The molecule has 0 radical (unpaired) electrons. The van der Waals surface area contributed by atoms with Crippen LogP contribution in [0, 0.1) is 0 Å². The molecule has 1 saturated heterocycles. The van der Waals surface area contributed by atoms with Crippen molar-refractivity contribution in [2.45, 2.75) is 42.5 Å². The highest BCUT2D eigenvalue weighted by molar-refractivity contribution is 7.89. The third-order valence-corrected chi connectivity index (χ3v) is 7.65. The van der Waals surface area contributed by atoms with Crippen LogP contribution in [0.3, 0.4) is 0 Å². The van der Waals surface area contributed by atoms with Gasteiger partial charge in [-0.15, -0.1) is 10.2 Å². The van der Waals surface area contributed by atoms with E-state index in [9.17, 15) is 8.42 Å². The molecule has 0 spiro atoms. The number of sulfonamides is 1. The minimum Gasteiger partial charge on any atom is -0.324 e. The number of piperidine rings is 1. The van der Waals surface area contributed by atoms with Crippen LogP contribution < -0.4 is 0 Å². The van der Waals surface area contributed by atoms with Gasteiger partial charge in [0.1, 0.15) is 12.2 Å². The maximum Gasteiger partial charge on any atom is 0.243 e. The van der Waals surface area contributed by atoms with E-state index in [-0.39, 0.29) is 5.92 Å². The highest BCUT2D eigenvalue weighted by atomic mass is 32.2. The van der Waals surface area contributed by atoms with Gasteiger partial charge in [-0.25, -0.2) is 8.42 Å². The molecule has 2 aromatic heterocycles. The minimum absolute atomic E-state index is 0.283. The predicted octanol–water partition coefficient (Wildman–Crippen LogP) is 2.97. The third kappa shape index (κ3) is 3.16. The number of nitrogens with zero attached hydrogens (tertiary/aromatic N) is 5. The van der Waals surface area contributed by atoms with Gasteiger partial charge in [0.25, 0.3) is 0 Å². The van der Waals surface area contributed by atoms with Crippen molar-refractivity contribution < 1.29 is 8.42 Å². The molecule has 2 fully saturated rings. The van der Waals surface area contributed by atoms with E-state index >= 15 is 0 Å².